The second kappa shape index (κ2) is 9.49. The number of ether oxygens (including phenoxy) is 1. The van der Waals surface area contributed by atoms with E-state index in [-0.39, 0.29) is 45.4 Å². The van der Waals surface area contributed by atoms with E-state index >= 15 is 8.78 Å². The molecule has 2 bridgehead atoms. The van der Waals surface area contributed by atoms with Crippen molar-refractivity contribution in [1.82, 2.24) is 20.2 Å². The monoisotopic (exact) mass is 559 g/mol. The Hall–Kier alpha value is -3.56. The van der Waals surface area contributed by atoms with Crippen molar-refractivity contribution >= 4 is 27.5 Å². The number of hydrogen-bond acceptors (Lipinski definition) is 7. The van der Waals surface area contributed by atoms with Crippen LogP contribution in [0.4, 0.5) is 14.6 Å². The molecule has 0 spiro atoms. The van der Waals surface area contributed by atoms with Crippen LogP contribution in [0.1, 0.15) is 32.6 Å². The normalized spacial score (nSPS) is 23.1. The molecule has 1 aromatic heterocycles. The molecular formula is C32H35F2N5O2. The van der Waals surface area contributed by atoms with Crippen LogP contribution in [0.3, 0.4) is 0 Å². The zero-order valence-corrected chi connectivity index (χ0v) is 23.7. The number of fused-ring (bicyclic) bond motifs is 4. The van der Waals surface area contributed by atoms with Gasteiger partial charge >= 0.3 is 6.01 Å². The first-order chi connectivity index (χ1) is 19.6. The van der Waals surface area contributed by atoms with Crippen LogP contribution in [0.2, 0.25) is 0 Å². The van der Waals surface area contributed by atoms with Crippen LogP contribution >= 0.6 is 0 Å². The minimum Gasteiger partial charge on any atom is -0.508 e. The Morgan fingerprint density at radius 2 is 1.90 bits per heavy atom. The number of aromatic nitrogens is 2. The fraction of sp³-hybridized carbons (Fsp3) is 0.438. The van der Waals surface area contributed by atoms with Gasteiger partial charge in [-0.05, 0) is 81.2 Å². The van der Waals surface area contributed by atoms with E-state index in [1.165, 1.54) is 12.1 Å². The third kappa shape index (κ3) is 4.75. The highest BCUT2D eigenvalue weighted by molar-refractivity contribution is 6.01. The number of aromatic hydroxyl groups is 1. The Labute approximate surface area is 238 Å². The predicted octanol–water partition coefficient (Wildman–Crippen LogP) is 5.49. The number of phenols is 1. The molecule has 3 aromatic carbocycles. The van der Waals surface area contributed by atoms with Crippen LogP contribution in [0, 0.1) is 17.0 Å². The van der Waals surface area contributed by atoms with Crippen LogP contribution in [0.5, 0.6) is 11.8 Å². The highest BCUT2D eigenvalue weighted by Crippen LogP contribution is 2.46. The Bertz CT molecular complexity index is 1670. The molecule has 2 atom stereocenters. The Kier molecular flexibility index (Phi) is 6.10. The Morgan fingerprint density at radius 1 is 1.10 bits per heavy atom. The molecule has 2 saturated heterocycles. The highest BCUT2D eigenvalue weighted by atomic mass is 19.1. The van der Waals surface area contributed by atoms with Crippen molar-refractivity contribution in [1.29, 1.82) is 0 Å². The number of anilines is 1. The van der Waals surface area contributed by atoms with E-state index < -0.39 is 11.6 Å². The summed E-state index contributed by atoms with van der Waals surface area (Å²) in [7, 11) is 4.08. The number of phenolic OH excluding ortho intramolecular Hbond substituents is 1. The average Bonchev–Trinajstić information content (AvgIpc) is 3.62. The number of nitrogens with zero attached hydrogens (tertiary/aromatic N) is 4. The molecule has 3 fully saturated rings. The number of rotatable bonds is 7. The molecule has 7 nitrogen and oxygen atoms in total. The molecule has 3 heterocycles. The molecule has 4 aromatic rings. The van der Waals surface area contributed by atoms with Gasteiger partial charge in [-0.15, -0.1) is 0 Å². The van der Waals surface area contributed by atoms with Crippen LogP contribution in [-0.2, 0) is 0 Å². The second-order valence-electron chi connectivity index (χ2n) is 12.8. The molecular weight excluding hydrogens is 524 g/mol. The highest BCUT2D eigenvalue weighted by Gasteiger charge is 2.45. The van der Waals surface area contributed by atoms with Gasteiger partial charge in [-0.2, -0.15) is 9.97 Å². The first-order valence-electron chi connectivity index (χ1n) is 14.3. The van der Waals surface area contributed by atoms with Gasteiger partial charge in [0.05, 0.1) is 12.2 Å². The smallest absolute Gasteiger partial charge is 0.319 e. The summed E-state index contributed by atoms with van der Waals surface area (Å²) in [4.78, 5) is 13.6. The zero-order valence-electron chi connectivity index (χ0n) is 23.7. The minimum absolute atomic E-state index is 0.0160. The van der Waals surface area contributed by atoms with E-state index in [0.29, 0.717) is 41.7 Å². The zero-order chi connectivity index (χ0) is 28.5. The van der Waals surface area contributed by atoms with E-state index in [9.17, 15) is 5.11 Å². The maximum absolute atomic E-state index is 16.6. The predicted molar refractivity (Wildman–Crippen MR) is 157 cm³/mol. The topological polar surface area (TPSA) is 73.8 Å². The lowest BCUT2D eigenvalue weighted by Gasteiger charge is -2.40. The molecule has 7 rings (SSSR count). The standard InChI is InChI=1S/C32H35F2N5O2/c1-31-9-8-20(37-31)15-39(16-31)29-24-14-25(33)26(23-13-21(40)12-19-6-4-5-7-22(19)23)27(34)28(24)35-30(36-29)41-18-32(10-11-32)17-38(2)3/h4-7,12-14,20,37,40H,8-11,15-18H2,1-3H3/t20-,31+/m0/s1. The third-order valence-corrected chi connectivity index (χ3v) is 8.95. The molecule has 214 valence electrons. The van der Waals surface area contributed by atoms with Gasteiger partial charge in [-0.1, -0.05) is 24.3 Å². The molecule has 41 heavy (non-hydrogen) atoms. The summed E-state index contributed by atoms with van der Waals surface area (Å²) in [6.45, 7) is 4.87. The van der Waals surface area contributed by atoms with Crippen LogP contribution in [0.25, 0.3) is 32.8 Å². The second-order valence-corrected chi connectivity index (χ2v) is 12.8. The lowest BCUT2D eigenvalue weighted by molar-refractivity contribution is 0.183. The van der Waals surface area contributed by atoms with Crippen molar-refractivity contribution in [3.63, 3.8) is 0 Å². The van der Waals surface area contributed by atoms with Crippen molar-refractivity contribution < 1.29 is 18.6 Å². The summed E-state index contributed by atoms with van der Waals surface area (Å²) in [5, 5.41) is 15.7. The molecule has 9 heteroatoms. The van der Waals surface area contributed by atoms with Gasteiger partial charge in [0, 0.05) is 42.0 Å². The van der Waals surface area contributed by atoms with Gasteiger partial charge in [0.2, 0.25) is 0 Å². The average molecular weight is 560 g/mol. The molecule has 0 amide bonds. The van der Waals surface area contributed by atoms with Crippen molar-refractivity contribution in [2.24, 2.45) is 5.41 Å². The SMILES string of the molecule is CN(C)CC1(COc2nc(N3C[C@@H]4CC[C@](C)(C3)N4)c3cc(F)c(-c4cc(O)cc5ccccc45)c(F)c3n2)CC1. The maximum Gasteiger partial charge on any atom is 0.319 e. The van der Waals surface area contributed by atoms with Gasteiger partial charge in [0.25, 0.3) is 0 Å². The van der Waals surface area contributed by atoms with E-state index in [2.05, 4.69) is 27.0 Å². The van der Waals surface area contributed by atoms with Gasteiger partial charge in [-0.3, -0.25) is 0 Å². The molecule has 0 unspecified atom stereocenters. The molecule has 0 radical (unpaired) electrons. The molecule has 1 aliphatic carbocycles. The lowest BCUT2D eigenvalue weighted by Crippen LogP contribution is -2.58. The van der Waals surface area contributed by atoms with E-state index in [0.717, 1.165) is 32.2 Å². The lowest BCUT2D eigenvalue weighted by atomic mass is 9.95. The van der Waals surface area contributed by atoms with E-state index in [1.54, 1.807) is 12.1 Å². The van der Waals surface area contributed by atoms with E-state index in [1.807, 2.05) is 32.3 Å². The number of nitrogens with one attached hydrogen (secondary N) is 1. The quantitative estimate of drug-likeness (QED) is 0.310. The van der Waals surface area contributed by atoms with Gasteiger partial charge in [0.15, 0.2) is 5.82 Å². The van der Waals surface area contributed by atoms with Crippen molar-refractivity contribution in [3.05, 3.63) is 54.1 Å². The van der Waals surface area contributed by atoms with Gasteiger partial charge in [0.1, 0.15) is 22.9 Å². The number of halogens is 2. The Morgan fingerprint density at radius 3 is 2.66 bits per heavy atom. The minimum atomic E-state index is -0.789. The molecule has 1 saturated carbocycles. The van der Waals surface area contributed by atoms with Crippen molar-refractivity contribution in [2.45, 2.75) is 44.2 Å². The van der Waals surface area contributed by atoms with Crippen LogP contribution in [-0.4, -0.2) is 71.9 Å². The summed E-state index contributed by atoms with van der Waals surface area (Å²) in [6.07, 6.45) is 4.18. The first kappa shape index (κ1) is 26.3. The Balaban J connectivity index is 1.38. The summed E-state index contributed by atoms with van der Waals surface area (Å²) in [5.41, 5.74) is 0.0101. The van der Waals surface area contributed by atoms with Gasteiger partial charge in [-0.25, -0.2) is 8.78 Å². The number of piperazine rings is 1. The molecule has 2 aliphatic heterocycles. The fourth-order valence-electron chi connectivity index (χ4n) is 6.93. The summed E-state index contributed by atoms with van der Waals surface area (Å²) in [5.74, 6) is -1.09. The maximum atomic E-state index is 16.6. The van der Waals surface area contributed by atoms with Crippen LogP contribution in [0.15, 0.2) is 42.5 Å². The molecule has 2 N–H and O–H groups in total. The largest absolute Gasteiger partial charge is 0.508 e. The third-order valence-electron chi connectivity index (χ3n) is 8.95. The first-order valence-corrected chi connectivity index (χ1v) is 14.3. The number of benzene rings is 3. The summed E-state index contributed by atoms with van der Waals surface area (Å²) in [6, 6.07) is 12.0. The summed E-state index contributed by atoms with van der Waals surface area (Å²) >= 11 is 0. The summed E-state index contributed by atoms with van der Waals surface area (Å²) < 4.78 is 38.8. The van der Waals surface area contributed by atoms with Crippen molar-refractivity contribution in [3.8, 4) is 22.9 Å². The fourth-order valence-corrected chi connectivity index (χ4v) is 6.93. The van der Waals surface area contributed by atoms with Crippen LogP contribution < -0.4 is 15.0 Å². The van der Waals surface area contributed by atoms with Gasteiger partial charge < -0.3 is 25.0 Å². The number of hydrogen-bond donors (Lipinski definition) is 2. The van der Waals surface area contributed by atoms with E-state index in [4.69, 9.17) is 9.72 Å². The molecule has 3 aliphatic rings. The van der Waals surface area contributed by atoms with Crippen molar-refractivity contribution in [2.75, 3.05) is 45.2 Å².